The van der Waals surface area contributed by atoms with Crippen LogP contribution in [0.5, 0.6) is 0 Å². The van der Waals surface area contributed by atoms with Gasteiger partial charge in [-0.1, -0.05) is 0 Å². The molecule has 2 heterocycles. The van der Waals surface area contributed by atoms with Crippen molar-refractivity contribution >= 4 is 5.91 Å². The second-order valence-electron chi connectivity index (χ2n) is 3.43. The molecule has 8 heteroatoms. The van der Waals surface area contributed by atoms with Gasteiger partial charge in [0.1, 0.15) is 12.0 Å². The highest BCUT2D eigenvalue weighted by molar-refractivity contribution is 5.88. The van der Waals surface area contributed by atoms with Gasteiger partial charge in [-0.15, -0.1) is 5.10 Å². The lowest BCUT2D eigenvalue weighted by Crippen LogP contribution is -2.16. The highest BCUT2D eigenvalue weighted by atomic mass is 16.1. The first kappa shape index (κ1) is 11.1. The van der Waals surface area contributed by atoms with Crippen molar-refractivity contribution < 1.29 is 4.79 Å². The Labute approximate surface area is 96.7 Å². The molecule has 1 unspecified atom stereocenters. The van der Waals surface area contributed by atoms with Crippen molar-refractivity contribution in [3.05, 3.63) is 30.2 Å². The van der Waals surface area contributed by atoms with E-state index >= 15 is 0 Å². The molecule has 0 aliphatic carbocycles. The summed E-state index contributed by atoms with van der Waals surface area (Å²) in [6.45, 7) is 1.78. The average Bonchev–Trinajstić information content (AvgIpc) is 2.78. The van der Waals surface area contributed by atoms with Crippen molar-refractivity contribution in [2.24, 2.45) is 11.5 Å². The maximum Gasteiger partial charge on any atom is 0.288 e. The zero-order valence-electron chi connectivity index (χ0n) is 9.11. The predicted octanol–water partition coefficient (Wildman–Crippen LogP) is -0.824. The molecule has 88 valence electrons. The number of nitrogens with zero attached hydrogens (tertiary/aromatic N) is 5. The third-order valence-electron chi connectivity index (χ3n) is 2.07. The lowest BCUT2D eigenvalue weighted by atomic mass is 10.2. The summed E-state index contributed by atoms with van der Waals surface area (Å²) in [5.74, 6) is -0.344. The normalized spacial score (nSPS) is 12.4. The van der Waals surface area contributed by atoms with E-state index in [4.69, 9.17) is 11.5 Å². The molecule has 8 nitrogen and oxygen atoms in total. The van der Waals surface area contributed by atoms with Crippen molar-refractivity contribution in [3.8, 4) is 5.82 Å². The molecule has 0 saturated carbocycles. The van der Waals surface area contributed by atoms with Gasteiger partial charge in [0.15, 0.2) is 5.82 Å². The number of hydrogen-bond acceptors (Lipinski definition) is 6. The number of carbonyl (C=O) groups is 1. The minimum atomic E-state index is -0.699. The predicted molar refractivity (Wildman–Crippen MR) is 58.1 cm³/mol. The molecule has 0 saturated heterocycles. The molecule has 2 aromatic rings. The van der Waals surface area contributed by atoms with Crippen LogP contribution in [0.2, 0.25) is 0 Å². The fourth-order valence-corrected chi connectivity index (χ4v) is 1.32. The van der Waals surface area contributed by atoms with E-state index in [0.717, 1.165) is 0 Å². The SMILES string of the molecule is CC(N)c1nccnc1-n1cnc(C(N)=O)n1. The van der Waals surface area contributed by atoms with Gasteiger partial charge in [0, 0.05) is 18.4 Å². The number of amides is 1. The first-order chi connectivity index (χ1) is 8.09. The molecule has 2 aromatic heterocycles. The number of aromatic nitrogens is 5. The van der Waals surface area contributed by atoms with E-state index in [1.54, 1.807) is 6.92 Å². The smallest absolute Gasteiger partial charge is 0.288 e. The standard InChI is InChI=1S/C9H11N7O/c1-5(10)6-9(13-3-2-12-6)16-4-14-8(15-16)7(11)17/h2-5H,10H2,1H3,(H2,11,17). The molecule has 2 rings (SSSR count). The number of carbonyl (C=O) groups excluding carboxylic acids is 1. The van der Waals surface area contributed by atoms with E-state index in [9.17, 15) is 4.79 Å². The van der Waals surface area contributed by atoms with Crippen molar-refractivity contribution in [2.75, 3.05) is 0 Å². The number of primary amides is 1. The summed E-state index contributed by atoms with van der Waals surface area (Å²) in [6.07, 6.45) is 4.39. The van der Waals surface area contributed by atoms with Crippen LogP contribution in [0.1, 0.15) is 29.3 Å². The number of nitrogens with two attached hydrogens (primary N) is 2. The van der Waals surface area contributed by atoms with Crippen LogP contribution in [0.25, 0.3) is 5.82 Å². The van der Waals surface area contributed by atoms with Gasteiger partial charge in [0.25, 0.3) is 5.91 Å². The van der Waals surface area contributed by atoms with E-state index in [1.165, 1.54) is 23.4 Å². The fraction of sp³-hybridized carbons (Fsp3) is 0.222. The Morgan fingerprint density at radius 1 is 1.35 bits per heavy atom. The number of hydrogen-bond donors (Lipinski definition) is 2. The van der Waals surface area contributed by atoms with Crippen molar-refractivity contribution in [3.63, 3.8) is 0 Å². The van der Waals surface area contributed by atoms with Crippen LogP contribution in [-0.2, 0) is 0 Å². The molecule has 0 aliphatic heterocycles. The molecule has 0 radical (unpaired) electrons. The summed E-state index contributed by atoms with van der Waals surface area (Å²) in [5.41, 5.74) is 11.4. The first-order valence-electron chi connectivity index (χ1n) is 4.88. The second-order valence-corrected chi connectivity index (χ2v) is 3.43. The summed E-state index contributed by atoms with van der Waals surface area (Å²) in [6, 6.07) is -0.306. The topological polar surface area (TPSA) is 126 Å². The molecule has 0 spiro atoms. The Bertz CT molecular complexity index is 548. The summed E-state index contributed by atoms with van der Waals surface area (Å²) >= 11 is 0. The maximum absolute atomic E-state index is 10.9. The molecular formula is C9H11N7O. The average molecular weight is 233 g/mol. The van der Waals surface area contributed by atoms with Gasteiger partial charge < -0.3 is 11.5 Å². The van der Waals surface area contributed by atoms with E-state index in [1.807, 2.05) is 0 Å². The quantitative estimate of drug-likeness (QED) is 0.713. The minimum Gasteiger partial charge on any atom is -0.363 e. The van der Waals surface area contributed by atoms with E-state index < -0.39 is 5.91 Å². The third-order valence-corrected chi connectivity index (χ3v) is 2.07. The monoisotopic (exact) mass is 233 g/mol. The lowest BCUT2D eigenvalue weighted by molar-refractivity contribution is 0.0990. The molecule has 0 fully saturated rings. The van der Waals surface area contributed by atoms with Crippen LogP contribution in [0.4, 0.5) is 0 Å². The first-order valence-corrected chi connectivity index (χ1v) is 4.88. The van der Waals surface area contributed by atoms with Crippen LogP contribution in [0.3, 0.4) is 0 Å². The highest BCUT2D eigenvalue weighted by Crippen LogP contribution is 2.13. The van der Waals surface area contributed by atoms with Crippen LogP contribution in [-0.4, -0.2) is 30.6 Å². The molecule has 17 heavy (non-hydrogen) atoms. The largest absolute Gasteiger partial charge is 0.363 e. The minimum absolute atomic E-state index is 0.0775. The van der Waals surface area contributed by atoms with Crippen molar-refractivity contribution in [1.82, 2.24) is 24.7 Å². The Balaban J connectivity index is 2.48. The lowest BCUT2D eigenvalue weighted by Gasteiger charge is -2.08. The summed E-state index contributed by atoms with van der Waals surface area (Å²) in [7, 11) is 0. The molecule has 4 N–H and O–H groups in total. The molecule has 1 atom stereocenters. The third kappa shape index (κ3) is 2.11. The highest BCUT2D eigenvalue weighted by Gasteiger charge is 2.14. The molecule has 0 aliphatic rings. The van der Waals surface area contributed by atoms with E-state index in [-0.39, 0.29) is 11.9 Å². The summed E-state index contributed by atoms with van der Waals surface area (Å²) in [5, 5.41) is 3.90. The zero-order valence-corrected chi connectivity index (χ0v) is 9.11. The maximum atomic E-state index is 10.9. The van der Waals surface area contributed by atoms with E-state index in [2.05, 4.69) is 20.1 Å². The van der Waals surface area contributed by atoms with Gasteiger partial charge in [-0.2, -0.15) is 4.68 Å². The Kier molecular flexibility index (Phi) is 2.79. The van der Waals surface area contributed by atoms with Crippen molar-refractivity contribution in [2.45, 2.75) is 13.0 Å². The molecule has 1 amide bonds. The van der Waals surface area contributed by atoms with Gasteiger partial charge in [-0.05, 0) is 6.92 Å². The fourth-order valence-electron chi connectivity index (χ4n) is 1.32. The molecule has 0 aromatic carbocycles. The van der Waals surface area contributed by atoms with Crippen LogP contribution in [0.15, 0.2) is 18.7 Å². The van der Waals surface area contributed by atoms with Crippen LogP contribution >= 0.6 is 0 Å². The summed E-state index contributed by atoms with van der Waals surface area (Å²) in [4.78, 5) is 22.9. The van der Waals surface area contributed by atoms with Gasteiger partial charge in [0.05, 0.1) is 0 Å². The summed E-state index contributed by atoms with van der Waals surface area (Å²) < 4.78 is 1.33. The van der Waals surface area contributed by atoms with Gasteiger partial charge in [-0.25, -0.2) is 9.97 Å². The van der Waals surface area contributed by atoms with Gasteiger partial charge >= 0.3 is 0 Å². The van der Waals surface area contributed by atoms with Gasteiger partial charge in [-0.3, -0.25) is 9.78 Å². The van der Waals surface area contributed by atoms with Crippen LogP contribution < -0.4 is 11.5 Å². The molecule has 0 bridgehead atoms. The van der Waals surface area contributed by atoms with E-state index in [0.29, 0.717) is 11.5 Å². The number of rotatable bonds is 3. The second kappa shape index (κ2) is 4.26. The van der Waals surface area contributed by atoms with Gasteiger partial charge in [0.2, 0.25) is 5.82 Å². The Morgan fingerprint density at radius 3 is 2.65 bits per heavy atom. The Hall–Kier alpha value is -2.35. The van der Waals surface area contributed by atoms with Crippen LogP contribution in [0, 0.1) is 0 Å². The molecular weight excluding hydrogens is 222 g/mol. The van der Waals surface area contributed by atoms with Crippen molar-refractivity contribution in [1.29, 1.82) is 0 Å². The Morgan fingerprint density at radius 2 is 2.06 bits per heavy atom. The zero-order chi connectivity index (χ0) is 12.4.